The molecule has 2 aromatic rings. The Morgan fingerprint density at radius 2 is 2.07 bits per heavy atom. The topological polar surface area (TPSA) is 67.6 Å². The predicted molar refractivity (Wildman–Crippen MR) is 56.1 cm³/mol. The highest BCUT2D eigenvalue weighted by Crippen LogP contribution is 2.11. The smallest absolute Gasteiger partial charge is 0.121 e. The summed E-state index contributed by atoms with van der Waals surface area (Å²) < 4.78 is 1.70. The summed E-state index contributed by atoms with van der Waals surface area (Å²) in [6.07, 6.45) is 3.38. The molecule has 4 heteroatoms. The maximum absolute atomic E-state index is 8.66. The van der Waals surface area contributed by atoms with E-state index in [1.807, 2.05) is 36.4 Å². The van der Waals surface area contributed by atoms with Gasteiger partial charge in [0.05, 0.1) is 18.0 Å². The van der Waals surface area contributed by atoms with Crippen molar-refractivity contribution >= 4 is 0 Å². The van der Waals surface area contributed by atoms with Crippen molar-refractivity contribution < 1.29 is 0 Å². The van der Waals surface area contributed by atoms with Gasteiger partial charge in [0.25, 0.3) is 0 Å². The minimum Gasteiger partial charge on any atom is -0.312 e. The van der Waals surface area contributed by atoms with Crippen molar-refractivity contribution in [1.29, 1.82) is 5.26 Å². The number of para-hydroxylation sites is 1. The van der Waals surface area contributed by atoms with E-state index in [-0.39, 0.29) is 0 Å². The van der Waals surface area contributed by atoms with Gasteiger partial charge in [0.1, 0.15) is 6.04 Å². The van der Waals surface area contributed by atoms with E-state index in [2.05, 4.69) is 5.10 Å². The lowest BCUT2D eigenvalue weighted by Crippen LogP contribution is -2.05. The average molecular weight is 198 g/mol. The van der Waals surface area contributed by atoms with E-state index in [1.165, 1.54) is 0 Å². The molecule has 0 saturated heterocycles. The lowest BCUT2D eigenvalue weighted by atomic mass is 10.2. The highest BCUT2D eigenvalue weighted by molar-refractivity contribution is 5.32. The average Bonchev–Trinajstić information content (AvgIpc) is 2.78. The number of benzene rings is 1. The van der Waals surface area contributed by atoms with E-state index in [0.717, 1.165) is 11.3 Å². The first kappa shape index (κ1) is 9.44. The molecular formula is C11H10N4. The molecule has 0 spiro atoms. The molecule has 1 heterocycles. The SMILES string of the molecule is N#C[C@@H](N)c1cnn(-c2ccccc2)c1. The van der Waals surface area contributed by atoms with Gasteiger partial charge < -0.3 is 5.73 Å². The van der Waals surface area contributed by atoms with Crippen LogP contribution in [-0.2, 0) is 0 Å². The number of aromatic nitrogens is 2. The number of nitrogens with two attached hydrogens (primary N) is 1. The normalized spacial score (nSPS) is 12.0. The quantitative estimate of drug-likeness (QED) is 0.793. The maximum atomic E-state index is 8.66. The van der Waals surface area contributed by atoms with E-state index >= 15 is 0 Å². The standard InChI is InChI=1S/C11H10N4/c12-6-11(13)9-7-14-15(8-9)10-4-2-1-3-5-10/h1-5,7-8,11H,13H2/t11-/m1/s1. The fraction of sp³-hybridized carbons (Fsp3) is 0.0909. The summed E-state index contributed by atoms with van der Waals surface area (Å²) in [5.74, 6) is 0. The third-order valence-electron chi connectivity index (χ3n) is 2.12. The molecule has 0 radical (unpaired) electrons. The Kier molecular flexibility index (Phi) is 2.48. The Morgan fingerprint density at radius 1 is 1.33 bits per heavy atom. The summed E-state index contributed by atoms with van der Waals surface area (Å²) in [5, 5.41) is 12.8. The second-order valence-electron chi connectivity index (χ2n) is 3.16. The first-order chi connectivity index (χ1) is 7.31. The summed E-state index contributed by atoms with van der Waals surface area (Å²) in [4.78, 5) is 0. The summed E-state index contributed by atoms with van der Waals surface area (Å²) in [6.45, 7) is 0. The zero-order chi connectivity index (χ0) is 10.7. The van der Waals surface area contributed by atoms with Crippen molar-refractivity contribution in [3.8, 4) is 11.8 Å². The molecule has 4 nitrogen and oxygen atoms in total. The molecular weight excluding hydrogens is 188 g/mol. The van der Waals surface area contributed by atoms with Crippen molar-refractivity contribution in [3.05, 3.63) is 48.3 Å². The number of nitriles is 1. The molecule has 0 unspecified atom stereocenters. The maximum Gasteiger partial charge on any atom is 0.121 e. The number of hydrogen-bond acceptors (Lipinski definition) is 3. The van der Waals surface area contributed by atoms with Gasteiger partial charge in [-0.15, -0.1) is 0 Å². The third kappa shape index (κ3) is 1.87. The van der Waals surface area contributed by atoms with Crippen LogP contribution in [0.25, 0.3) is 5.69 Å². The van der Waals surface area contributed by atoms with Crippen LogP contribution in [0.4, 0.5) is 0 Å². The first-order valence-corrected chi connectivity index (χ1v) is 4.56. The number of rotatable bonds is 2. The van der Waals surface area contributed by atoms with Gasteiger partial charge in [0.2, 0.25) is 0 Å². The van der Waals surface area contributed by atoms with Gasteiger partial charge in [-0.05, 0) is 12.1 Å². The summed E-state index contributed by atoms with van der Waals surface area (Å²) in [6, 6.07) is 11.0. The lowest BCUT2D eigenvalue weighted by Gasteiger charge is -1.99. The molecule has 0 aliphatic carbocycles. The van der Waals surface area contributed by atoms with Crippen LogP contribution in [0.1, 0.15) is 11.6 Å². The second kappa shape index (κ2) is 3.95. The van der Waals surface area contributed by atoms with E-state index < -0.39 is 6.04 Å². The van der Waals surface area contributed by atoms with Crippen LogP contribution in [0.2, 0.25) is 0 Å². The monoisotopic (exact) mass is 198 g/mol. The Balaban J connectivity index is 2.33. The van der Waals surface area contributed by atoms with Gasteiger partial charge in [0, 0.05) is 11.8 Å². The van der Waals surface area contributed by atoms with Gasteiger partial charge >= 0.3 is 0 Å². The molecule has 0 saturated carbocycles. The van der Waals surface area contributed by atoms with E-state index in [4.69, 9.17) is 11.0 Å². The molecule has 0 aliphatic heterocycles. The van der Waals surface area contributed by atoms with E-state index in [1.54, 1.807) is 17.1 Å². The molecule has 0 bridgehead atoms. The van der Waals surface area contributed by atoms with Gasteiger partial charge in [-0.1, -0.05) is 18.2 Å². The highest BCUT2D eigenvalue weighted by Gasteiger charge is 2.07. The van der Waals surface area contributed by atoms with Crippen molar-refractivity contribution in [1.82, 2.24) is 9.78 Å². The predicted octanol–water partition coefficient (Wildman–Crippen LogP) is 1.40. The van der Waals surface area contributed by atoms with Crippen LogP contribution in [-0.4, -0.2) is 9.78 Å². The van der Waals surface area contributed by atoms with Gasteiger partial charge in [-0.25, -0.2) is 4.68 Å². The Morgan fingerprint density at radius 3 is 2.73 bits per heavy atom. The molecule has 1 atom stereocenters. The fourth-order valence-corrected chi connectivity index (χ4v) is 1.29. The lowest BCUT2D eigenvalue weighted by molar-refractivity contribution is 0.876. The van der Waals surface area contributed by atoms with Gasteiger partial charge in [-0.2, -0.15) is 10.4 Å². The van der Waals surface area contributed by atoms with Crippen molar-refractivity contribution in [2.75, 3.05) is 0 Å². The number of hydrogen-bond donors (Lipinski definition) is 1. The largest absolute Gasteiger partial charge is 0.312 e. The molecule has 0 fully saturated rings. The summed E-state index contributed by atoms with van der Waals surface area (Å²) in [5.41, 5.74) is 7.25. The van der Waals surface area contributed by atoms with Crippen molar-refractivity contribution in [2.24, 2.45) is 5.73 Å². The van der Waals surface area contributed by atoms with E-state index in [0.29, 0.717) is 0 Å². The second-order valence-corrected chi connectivity index (χ2v) is 3.16. The first-order valence-electron chi connectivity index (χ1n) is 4.56. The molecule has 0 aliphatic rings. The van der Waals surface area contributed by atoms with Gasteiger partial charge in [-0.3, -0.25) is 0 Å². The number of nitrogens with zero attached hydrogens (tertiary/aromatic N) is 3. The molecule has 74 valence electrons. The van der Waals surface area contributed by atoms with Crippen LogP contribution in [0.15, 0.2) is 42.7 Å². The van der Waals surface area contributed by atoms with E-state index in [9.17, 15) is 0 Å². The Bertz CT molecular complexity index is 481. The van der Waals surface area contributed by atoms with Crippen LogP contribution in [0, 0.1) is 11.3 Å². The molecule has 2 rings (SSSR count). The Hall–Kier alpha value is -2.12. The zero-order valence-corrected chi connectivity index (χ0v) is 8.04. The molecule has 1 aromatic heterocycles. The van der Waals surface area contributed by atoms with Crippen LogP contribution >= 0.6 is 0 Å². The molecule has 1 aromatic carbocycles. The van der Waals surface area contributed by atoms with Crippen LogP contribution in [0.5, 0.6) is 0 Å². The molecule has 2 N–H and O–H groups in total. The minimum atomic E-state index is -0.609. The van der Waals surface area contributed by atoms with Gasteiger partial charge in [0.15, 0.2) is 0 Å². The minimum absolute atomic E-state index is 0.609. The molecule has 15 heavy (non-hydrogen) atoms. The fourth-order valence-electron chi connectivity index (χ4n) is 1.29. The van der Waals surface area contributed by atoms with Crippen LogP contribution in [0.3, 0.4) is 0 Å². The van der Waals surface area contributed by atoms with Crippen molar-refractivity contribution in [2.45, 2.75) is 6.04 Å². The highest BCUT2D eigenvalue weighted by atomic mass is 15.3. The van der Waals surface area contributed by atoms with Crippen molar-refractivity contribution in [3.63, 3.8) is 0 Å². The summed E-state index contributed by atoms with van der Waals surface area (Å²) >= 11 is 0. The third-order valence-corrected chi connectivity index (χ3v) is 2.12. The molecule has 0 amide bonds. The summed E-state index contributed by atoms with van der Waals surface area (Å²) in [7, 11) is 0. The Labute approximate surface area is 87.6 Å². The van der Waals surface area contributed by atoms with Crippen LogP contribution < -0.4 is 5.73 Å². The zero-order valence-electron chi connectivity index (χ0n) is 8.04.